The van der Waals surface area contributed by atoms with Crippen LogP contribution in [0.2, 0.25) is 0 Å². The zero-order chi connectivity index (χ0) is 14.7. The van der Waals surface area contributed by atoms with E-state index in [1.54, 1.807) is 7.11 Å². The third-order valence-electron chi connectivity index (χ3n) is 4.47. The molecule has 2 saturated heterocycles. The fourth-order valence-corrected chi connectivity index (χ4v) is 3.26. The Morgan fingerprint density at radius 2 is 2.14 bits per heavy atom. The lowest BCUT2D eigenvalue weighted by Gasteiger charge is -2.37. The van der Waals surface area contributed by atoms with Gasteiger partial charge < -0.3 is 14.8 Å². The average Bonchev–Trinajstić information content (AvgIpc) is 2.48. The van der Waals surface area contributed by atoms with Crippen LogP contribution in [-0.2, 0) is 6.42 Å². The van der Waals surface area contributed by atoms with E-state index in [0.717, 1.165) is 37.6 Å². The van der Waals surface area contributed by atoms with Gasteiger partial charge >= 0.3 is 0 Å². The highest BCUT2D eigenvalue weighted by atomic mass is 16.5. The van der Waals surface area contributed by atoms with Gasteiger partial charge in [-0.1, -0.05) is 18.6 Å². The van der Waals surface area contributed by atoms with E-state index in [0.29, 0.717) is 12.1 Å². The van der Waals surface area contributed by atoms with Gasteiger partial charge in [-0.25, -0.2) is 0 Å². The van der Waals surface area contributed by atoms with Crippen LogP contribution in [0, 0.1) is 0 Å². The smallest absolute Gasteiger partial charge is 0.164 e. The van der Waals surface area contributed by atoms with Crippen molar-refractivity contribution in [2.75, 3.05) is 33.8 Å². The lowest BCUT2D eigenvalue weighted by Crippen LogP contribution is -2.51. The van der Waals surface area contributed by atoms with Crippen LogP contribution >= 0.6 is 0 Å². The molecule has 2 fully saturated rings. The molecule has 1 N–H and O–H groups in total. The number of benzene rings is 1. The molecule has 1 aromatic carbocycles. The lowest BCUT2D eigenvalue weighted by atomic mass is 9.97. The molecule has 0 aromatic heterocycles. The molecule has 0 aliphatic carbocycles. The molecule has 2 heterocycles. The van der Waals surface area contributed by atoms with Gasteiger partial charge in [0, 0.05) is 19.1 Å². The van der Waals surface area contributed by atoms with Crippen LogP contribution in [-0.4, -0.2) is 50.8 Å². The third-order valence-corrected chi connectivity index (χ3v) is 4.47. The molecule has 4 heteroatoms. The number of hydrogen-bond donors (Lipinski definition) is 1. The summed E-state index contributed by atoms with van der Waals surface area (Å²) >= 11 is 0. The van der Waals surface area contributed by atoms with Gasteiger partial charge in [0.1, 0.15) is 6.10 Å². The summed E-state index contributed by atoms with van der Waals surface area (Å²) in [5, 5.41) is 3.62. The molecular weight excluding hydrogens is 264 g/mol. The summed E-state index contributed by atoms with van der Waals surface area (Å²) in [6.45, 7) is 3.14. The minimum Gasteiger partial charge on any atom is -0.493 e. The quantitative estimate of drug-likeness (QED) is 0.900. The number of piperidine rings is 1. The van der Waals surface area contributed by atoms with Gasteiger partial charge in [0.15, 0.2) is 11.5 Å². The second-order valence-corrected chi connectivity index (χ2v) is 6.26. The molecule has 116 valence electrons. The monoisotopic (exact) mass is 290 g/mol. The average molecular weight is 290 g/mol. The predicted octanol–water partition coefficient (Wildman–Crippen LogP) is 2.07. The van der Waals surface area contributed by atoms with Crippen LogP contribution in [0.1, 0.15) is 24.8 Å². The van der Waals surface area contributed by atoms with Crippen molar-refractivity contribution in [1.82, 2.24) is 10.2 Å². The zero-order valence-corrected chi connectivity index (χ0v) is 13.1. The molecule has 2 aliphatic rings. The van der Waals surface area contributed by atoms with E-state index in [-0.39, 0.29) is 0 Å². The Morgan fingerprint density at radius 3 is 2.81 bits per heavy atom. The fourth-order valence-electron chi connectivity index (χ4n) is 3.26. The van der Waals surface area contributed by atoms with E-state index in [1.807, 2.05) is 6.07 Å². The highest BCUT2D eigenvalue weighted by Crippen LogP contribution is 2.34. The largest absolute Gasteiger partial charge is 0.493 e. The van der Waals surface area contributed by atoms with Crippen molar-refractivity contribution in [2.45, 2.75) is 37.8 Å². The molecule has 0 radical (unpaired) electrons. The number of likely N-dealkylation sites (tertiary alicyclic amines) is 1. The molecule has 0 amide bonds. The Balaban J connectivity index is 1.74. The maximum atomic E-state index is 6.22. The standard InChI is InChI=1S/C17H26N2O2/c1-19-11-15(12-19)21-17-13(6-5-8-16(17)20-2)10-14-7-3-4-9-18-14/h5-6,8,14-15,18H,3-4,7,9-12H2,1-2H3. The van der Waals surface area contributed by atoms with Crippen molar-refractivity contribution in [3.05, 3.63) is 23.8 Å². The number of likely N-dealkylation sites (N-methyl/N-ethyl adjacent to an activating group) is 1. The molecule has 1 unspecified atom stereocenters. The van der Waals surface area contributed by atoms with Gasteiger partial charge in [0.25, 0.3) is 0 Å². The van der Waals surface area contributed by atoms with E-state index in [4.69, 9.17) is 9.47 Å². The van der Waals surface area contributed by atoms with Crippen molar-refractivity contribution in [3.8, 4) is 11.5 Å². The van der Waals surface area contributed by atoms with Gasteiger partial charge in [0.05, 0.1) is 7.11 Å². The Kier molecular flexibility index (Phi) is 4.66. The van der Waals surface area contributed by atoms with Crippen LogP contribution in [0.15, 0.2) is 18.2 Å². The van der Waals surface area contributed by atoms with Crippen LogP contribution in [0.5, 0.6) is 11.5 Å². The second-order valence-electron chi connectivity index (χ2n) is 6.26. The molecule has 4 nitrogen and oxygen atoms in total. The van der Waals surface area contributed by atoms with Crippen LogP contribution in [0.25, 0.3) is 0 Å². The van der Waals surface area contributed by atoms with Crippen LogP contribution < -0.4 is 14.8 Å². The van der Waals surface area contributed by atoms with Crippen molar-refractivity contribution in [3.63, 3.8) is 0 Å². The molecule has 3 rings (SSSR count). The fraction of sp³-hybridized carbons (Fsp3) is 0.647. The first-order chi connectivity index (χ1) is 10.3. The minimum absolute atomic E-state index is 0.296. The lowest BCUT2D eigenvalue weighted by molar-refractivity contribution is 0.0361. The first-order valence-corrected chi connectivity index (χ1v) is 8.00. The Morgan fingerprint density at radius 1 is 1.29 bits per heavy atom. The zero-order valence-electron chi connectivity index (χ0n) is 13.1. The number of para-hydroxylation sites is 1. The number of nitrogens with zero attached hydrogens (tertiary/aromatic N) is 1. The molecule has 2 aliphatic heterocycles. The van der Waals surface area contributed by atoms with Gasteiger partial charge in [-0.05, 0) is 44.5 Å². The van der Waals surface area contributed by atoms with E-state index in [9.17, 15) is 0 Å². The number of hydrogen-bond acceptors (Lipinski definition) is 4. The first kappa shape index (κ1) is 14.7. The van der Waals surface area contributed by atoms with Crippen molar-refractivity contribution in [2.24, 2.45) is 0 Å². The molecule has 1 atom stereocenters. The van der Waals surface area contributed by atoms with Crippen LogP contribution in [0.3, 0.4) is 0 Å². The van der Waals surface area contributed by atoms with Gasteiger partial charge in [-0.3, -0.25) is 4.90 Å². The van der Waals surface area contributed by atoms with E-state index in [1.165, 1.54) is 24.8 Å². The van der Waals surface area contributed by atoms with Crippen molar-refractivity contribution in [1.29, 1.82) is 0 Å². The molecule has 0 bridgehead atoms. The molecule has 1 aromatic rings. The normalized spacial score (nSPS) is 23.6. The van der Waals surface area contributed by atoms with Crippen molar-refractivity contribution >= 4 is 0 Å². The molecule has 0 saturated carbocycles. The maximum Gasteiger partial charge on any atom is 0.164 e. The van der Waals surface area contributed by atoms with E-state index >= 15 is 0 Å². The first-order valence-electron chi connectivity index (χ1n) is 8.00. The van der Waals surface area contributed by atoms with Gasteiger partial charge in [0.2, 0.25) is 0 Å². The minimum atomic E-state index is 0.296. The number of methoxy groups -OCH3 is 1. The van der Waals surface area contributed by atoms with Gasteiger partial charge in [-0.15, -0.1) is 0 Å². The number of nitrogens with one attached hydrogen (secondary N) is 1. The van der Waals surface area contributed by atoms with Gasteiger partial charge in [-0.2, -0.15) is 0 Å². The summed E-state index contributed by atoms with van der Waals surface area (Å²) < 4.78 is 11.7. The summed E-state index contributed by atoms with van der Waals surface area (Å²) in [7, 11) is 3.84. The number of ether oxygens (including phenoxy) is 2. The predicted molar refractivity (Wildman–Crippen MR) is 84.3 cm³/mol. The summed E-state index contributed by atoms with van der Waals surface area (Å²) in [6, 6.07) is 6.81. The molecule has 0 spiro atoms. The van der Waals surface area contributed by atoms with E-state index in [2.05, 4.69) is 29.4 Å². The number of rotatable bonds is 5. The topological polar surface area (TPSA) is 33.7 Å². The summed E-state index contributed by atoms with van der Waals surface area (Å²) in [6.07, 6.45) is 5.19. The Labute approximate surface area is 127 Å². The third kappa shape index (κ3) is 3.50. The Bertz CT molecular complexity index is 466. The second kappa shape index (κ2) is 6.67. The highest BCUT2D eigenvalue weighted by Gasteiger charge is 2.27. The van der Waals surface area contributed by atoms with E-state index < -0.39 is 0 Å². The summed E-state index contributed by atoms with van der Waals surface area (Å²) in [5.41, 5.74) is 1.27. The molecular formula is C17H26N2O2. The van der Waals surface area contributed by atoms with Crippen molar-refractivity contribution < 1.29 is 9.47 Å². The summed E-state index contributed by atoms with van der Waals surface area (Å²) in [4.78, 5) is 2.27. The Hall–Kier alpha value is -1.26. The molecule has 21 heavy (non-hydrogen) atoms. The van der Waals surface area contributed by atoms with Crippen LogP contribution in [0.4, 0.5) is 0 Å². The highest BCUT2D eigenvalue weighted by molar-refractivity contribution is 5.47. The SMILES string of the molecule is COc1cccc(CC2CCCCN2)c1OC1CN(C)C1. The summed E-state index contributed by atoms with van der Waals surface area (Å²) in [5.74, 6) is 1.81. The maximum absolute atomic E-state index is 6.22.